The summed E-state index contributed by atoms with van der Waals surface area (Å²) in [5.41, 5.74) is 0.779. The molecule has 29 heavy (non-hydrogen) atoms. The maximum absolute atomic E-state index is 12.8. The summed E-state index contributed by atoms with van der Waals surface area (Å²) in [7, 11) is 1.37. The van der Waals surface area contributed by atoms with Crippen LogP contribution in [-0.4, -0.2) is 55.3 Å². The normalized spacial score (nSPS) is 10.0. The van der Waals surface area contributed by atoms with Crippen molar-refractivity contribution in [1.29, 1.82) is 0 Å². The zero-order chi connectivity index (χ0) is 21.2. The molecule has 0 aliphatic heterocycles. The zero-order valence-corrected chi connectivity index (χ0v) is 15.7. The molecule has 2 aromatic rings. The van der Waals surface area contributed by atoms with Crippen molar-refractivity contribution in [2.75, 3.05) is 32.1 Å². The van der Waals surface area contributed by atoms with Gasteiger partial charge in [0.25, 0.3) is 11.8 Å². The molecule has 8 nitrogen and oxygen atoms in total. The first kappa shape index (κ1) is 21.5. The van der Waals surface area contributed by atoms with Crippen LogP contribution in [0.4, 0.5) is 10.1 Å². The Labute approximate surface area is 166 Å². The Morgan fingerprint density at radius 3 is 2.31 bits per heavy atom. The number of amides is 3. The third-order valence-electron chi connectivity index (χ3n) is 3.72. The van der Waals surface area contributed by atoms with E-state index >= 15 is 0 Å². The number of nitrogens with zero attached hydrogens (tertiary/aromatic N) is 1. The molecule has 0 saturated carbocycles. The fourth-order valence-electron chi connectivity index (χ4n) is 2.18. The molecule has 2 aromatic carbocycles. The molecule has 3 amide bonds. The second-order valence-corrected chi connectivity index (χ2v) is 6.01. The summed E-state index contributed by atoms with van der Waals surface area (Å²) >= 11 is 0. The van der Waals surface area contributed by atoms with Gasteiger partial charge in [0.2, 0.25) is 5.91 Å². The first-order chi connectivity index (χ1) is 13.8. The molecule has 0 atom stereocenters. The van der Waals surface area contributed by atoms with Gasteiger partial charge < -0.3 is 20.3 Å². The maximum Gasteiger partial charge on any atom is 0.325 e. The van der Waals surface area contributed by atoms with Gasteiger partial charge in [0.1, 0.15) is 12.4 Å². The highest BCUT2D eigenvalue weighted by Crippen LogP contribution is 2.08. The van der Waals surface area contributed by atoms with E-state index in [9.17, 15) is 23.6 Å². The van der Waals surface area contributed by atoms with E-state index in [1.165, 1.54) is 31.3 Å². The van der Waals surface area contributed by atoms with Crippen molar-refractivity contribution >= 4 is 29.4 Å². The quantitative estimate of drug-likeness (QED) is 0.647. The number of hydrogen-bond acceptors (Lipinski definition) is 5. The number of nitrogens with one attached hydrogen (secondary N) is 2. The Morgan fingerprint density at radius 1 is 1.00 bits per heavy atom. The second-order valence-electron chi connectivity index (χ2n) is 6.01. The van der Waals surface area contributed by atoms with Crippen molar-refractivity contribution in [2.45, 2.75) is 0 Å². The van der Waals surface area contributed by atoms with Gasteiger partial charge in [-0.3, -0.25) is 19.2 Å². The topological polar surface area (TPSA) is 105 Å². The van der Waals surface area contributed by atoms with Gasteiger partial charge in [0.15, 0.2) is 6.61 Å². The molecule has 0 aromatic heterocycles. The molecule has 0 spiro atoms. The van der Waals surface area contributed by atoms with Crippen molar-refractivity contribution < 1.29 is 28.3 Å². The first-order valence-electron chi connectivity index (χ1n) is 8.63. The molecule has 0 unspecified atom stereocenters. The summed E-state index contributed by atoms with van der Waals surface area (Å²) in [4.78, 5) is 48.5. The summed E-state index contributed by atoms with van der Waals surface area (Å²) in [6, 6.07) is 13.5. The number of anilines is 1. The smallest absolute Gasteiger partial charge is 0.325 e. The number of esters is 1. The minimum absolute atomic E-state index is 0.279. The van der Waals surface area contributed by atoms with Crippen molar-refractivity contribution in [3.63, 3.8) is 0 Å². The fourth-order valence-corrected chi connectivity index (χ4v) is 2.18. The number of carbonyl (C=O) groups is 4. The van der Waals surface area contributed by atoms with E-state index in [0.29, 0.717) is 11.3 Å². The Balaban J connectivity index is 1.69. The first-order valence-corrected chi connectivity index (χ1v) is 8.63. The summed E-state index contributed by atoms with van der Waals surface area (Å²) in [6.07, 6.45) is 0. The number of likely N-dealkylation sites (N-methyl/N-ethyl adjacent to an activating group) is 1. The predicted octanol–water partition coefficient (Wildman–Crippen LogP) is 1.20. The third kappa shape index (κ3) is 7.41. The molecule has 2 N–H and O–H groups in total. The fraction of sp³-hybridized carbons (Fsp3) is 0.200. The van der Waals surface area contributed by atoms with E-state index in [4.69, 9.17) is 4.74 Å². The van der Waals surface area contributed by atoms with Crippen LogP contribution in [0.25, 0.3) is 0 Å². The lowest BCUT2D eigenvalue weighted by atomic mass is 10.2. The molecule has 0 saturated heterocycles. The predicted molar refractivity (Wildman–Crippen MR) is 102 cm³/mol. The standard InChI is InChI=1S/C20H20FN3O5/c1-24(12-17(25)23-16-9-7-15(21)8-10-16)18(26)13-29-19(27)11-22-20(28)14-5-3-2-4-6-14/h2-10H,11-13H2,1H3,(H,22,28)(H,23,25). The lowest BCUT2D eigenvalue weighted by Gasteiger charge is -2.17. The number of halogens is 1. The third-order valence-corrected chi connectivity index (χ3v) is 3.72. The van der Waals surface area contributed by atoms with Gasteiger partial charge in [0.05, 0.1) is 6.54 Å². The molecule has 9 heteroatoms. The minimum atomic E-state index is -0.785. The van der Waals surface area contributed by atoms with E-state index in [0.717, 1.165) is 4.90 Å². The largest absolute Gasteiger partial charge is 0.454 e. The zero-order valence-electron chi connectivity index (χ0n) is 15.7. The molecule has 0 radical (unpaired) electrons. The molecule has 0 aliphatic rings. The maximum atomic E-state index is 12.8. The molecule has 0 bridgehead atoms. The summed E-state index contributed by atoms with van der Waals surface area (Å²) < 4.78 is 17.7. The molecule has 152 valence electrons. The number of carbonyl (C=O) groups excluding carboxylic acids is 4. The minimum Gasteiger partial charge on any atom is -0.454 e. The van der Waals surface area contributed by atoms with Gasteiger partial charge in [-0.15, -0.1) is 0 Å². The number of hydrogen-bond donors (Lipinski definition) is 2. The van der Waals surface area contributed by atoms with Crippen LogP contribution in [0, 0.1) is 5.82 Å². The molecule has 2 rings (SSSR count). The highest BCUT2D eigenvalue weighted by Gasteiger charge is 2.16. The lowest BCUT2D eigenvalue weighted by molar-refractivity contribution is -0.150. The summed E-state index contributed by atoms with van der Waals surface area (Å²) in [5.74, 6) is -2.75. The van der Waals surface area contributed by atoms with Crippen molar-refractivity contribution in [3.8, 4) is 0 Å². The van der Waals surface area contributed by atoms with Gasteiger partial charge in [-0.25, -0.2) is 4.39 Å². The average Bonchev–Trinajstić information content (AvgIpc) is 2.72. The van der Waals surface area contributed by atoms with Gasteiger partial charge in [-0.05, 0) is 36.4 Å². The number of rotatable bonds is 8. The van der Waals surface area contributed by atoms with E-state index in [2.05, 4.69) is 10.6 Å². The van der Waals surface area contributed by atoms with Crippen molar-refractivity contribution in [3.05, 3.63) is 66.0 Å². The SMILES string of the molecule is CN(CC(=O)Nc1ccc(F)cc1)C(=O)COC(=O)CNC(=O)c1ccccc1. The monoisotopic (exact) mass is 401 g/mol. The number of ether oxygens (including phenoxy) is 1. The van der Waals surface area contributed by atoms with Gasteiger partial charge in [-0.1, -0.05) is 18.2 Å². The highest BCUT2D eigenvalue weighted by atomic mass is 19.1. The van der Waals surface area contributed by atoms with Crippen LogP contribution in [0.1, 0.15) is 10.4 Å². The second kappa shape index (κ2) is 10.5. The Morgan fingerprint density at radius 2 is 1.66 bits per heavy atom. The Hall–Kier alpha value is -3.75. The van der Waals surface area contributed by atoms with Crippen LogP contribution in [-0.2, 0) is 19.1 Å². The molecular weight excluding hydrogens is 381 g/mol. The molecule has 0 aliphatic carbocycles. The summed E-state index contributed by atoms with van der Waals surface area (Å²) in [5, 5.41) is 4.90. The van der Waals surface area contributed by atoms with Crippen LogP contribution in [0.3, 0.4) is 0 Å². The van der Waals surface area contributed by atoms with E-state index in [1.807, 2.05) is 0 Å². The molecule has 0 fully saturated rings. The van der Waals surface area contributed by atoms with E-state index < -0.39 is 42.7 Å². The van der Waals surface area contributed by atoms with Crippen LogP contribution in [0.5, 0.6) is 0 Å². The number of benzene rings is 2. The molecule has 0 heterocycles. The van der Waals surface area contributed by atoms with Crippen LogP contribution >= 0.6 is 0 Å². The highest BCUT2D eigenvalue weighted by molar-refractivity contribution is 5.96. The Kier molecular flexibility index (Phi) is 7.84. The van der Waals surface area contributed by atoms with E-state index in [1.54, 1.807) is 30.3 Å². The van der Waals surface area contributed by atoms with Gasteiger partial charge in [-0.2, -0.15) is 0 Å². The van der Waals surface area contributed by atoms with Gasteiger partial charge >= 0.3 is 5.97 Å². The van der Waals surface area contributed by atoms with E-state index in [-0.39, 0.29) is 6.54 Å². The van der Waals surface area contributed by atoms with Crippen LogP contribution in [0.15, 0.2) is 54.6 Å². The Bertz CT molecular complexity index is 871. The lowest BCUT2D eigenvalue weighted by Crippen LogP contribution is -2.38. The van der Waals surface area contributed by atoms with Crippen LogP contribution < -0.4 is 10.6 Å². The van der Waals surface area contributed by atoms with Crippen molar-refractivity contribution in [2.24, 2.45) is 0 Å². The summed E-state index contributed by atoms with van der Waals surface area (Å²) in [6.45, 7) is -1.24. The molecular formula is C20H20FN3O5. The van der Waals surface area contributed by atoms with Gasteiger partial charge in [0, 0.05) is 18.3 Å². The van der Waals surface area contributed by atoms with Crippen molar-refractivity contribution in [1.82, 2.24) is 10.2 Å². The average molecular weight is 401 g/mol. The van der Waals surface area contributed by atoms with Crippen LogP contribution in [0.2, 0.25) is 0 Å².